The van der Waals surface area contributed by atoms with Crippen LogP contribution in [-0.2, 0) is 19.1 Å². The average molecular weight is 389 g/mol. The lowest BCUT2D eigenvalue weighted by Crippen LogP contribution is -2.36. The Morgan fingerprint density at radius 3 is 2.67 bits per heavy atom. The highest BCUT2D eigenvalue weighted by Gasteiger charge is 2.15. The van der Waals surface area contributed by atoms with Crippen LogP contribution >= 0.6 is 11.3 Å². The van der Waals surface area contributed by atoms with Gasteiger partial charge in [-0.25, -0.2) is 4.98 Å². The Morgan fingerprint density at radius 1 is 1.22 bits per heavy atom. The largest absolute Gasteiger partial charge is 0.466 e. The van der Waals surface area contributed by atoms with Crippen LogP contribution in [0.15, 0.2) is 29.6 Å². The van der Waals surface area contributed by atoms with Crippen molar-refractivity contribution in [3.63, 3.8) is 0 Å². The zero-order valence-electron chi connectivity index (χ0n) is 15.3. The molecule has 7 nitrogen and oxygen atoms in total. The fourth-order valence-corrected chi connectivity index (χ4v) is 3.58. The first-order valence-corrected chi connectivity index (χ1v) is 9.88. The number of ether oxygens (including phenoxy) is 2. The number of rotatable bonds is 7. The first kappa shape index (κ1) is 19.3. The minimum Gasteiger partial charge on any atom is -0.466 e. The Balaban J connectivity index is 1.55. The molecule has 2 aromatic rings. The van der Waals surface area contributed by atoms with Crippen molar-refractivity contribution in [3.8, 4) is 11.3 Å². The molecule has 3 rings (SSSR count). The molecule has 144 valence electrons. The molecular formula is C19H23N3O4S. The normalized spacial score (nSPS) is 14.0. The summed E-state index contributed by atoms with van der Waals surface area (Å²) in [5, 5.41) is 5.83. The third-order valence-corrected chi connectivity index (χ3v) is 5.00. The van der Waals surface area contributed by atoms with Crippen LogP contribution in [0.25, 0.3) is 11.3 Å². The van der Waals surface area contributed by atoms with E-state index in [0.29, 0.717) is 12.3 Å². The van der Waals surface area contributed by atoms with Crippen molar-refractivity contribution in [1.82, 2.24) is 4.98 Å². The molecule has 1 aliphatic heterocycles. The molecule has 0 spiro atoms. The number of morpholine rings is 1. The molecule has 1 aromatic heterocycles. The van der Waals surface area contributed by atoms with Crippen molar-refractivity contribution in [2.24, 2.45) is 0 Å². The molecule has 1 aliphatic rings. The number of amides is 1. The van der Waals surface area contributed by atoms with Crippen molar-refractivity contribution in [2.45, 2.75) is 19.8 Å². The molecule has 1 amide bonds. The molecule has 27 heavy (non-hydrogen) atoms. The van der Waals surface area contributed by atoms with Gasteiger partial charge in [0.1, 0.15) is 0 Å². The number of nitrogens with one attached hydrogen (secondary N) is 1. The second-order valence-electron chi connectivity index (χ2n) is 6.05. The van der Waals surface area contributed by atoms with E-state index in [1.165, 1.54) is 0 Å². The molecule has 1 aromatic carbocycles. The van der Waals surface area contributed by atoms with E-state index in [2.05, 4.69) is 10.2 Å². The van der Waals surface area contributed by atoms with Crippen LogP contribution in [0.2, 0.25) is 0 Å². The summed E-state index contributed by atoms with van der Waals surface area (Å²) < 4.78 is 10.2. The summed E-state index contributed by atoms with van der Waals surface area (Å²) in [6, 6.07) is 7.54. The molecule has 1 N–H and O–H groups in total. The van der Waals surface area contributed by atoms with Gasteiger partial charge in [0.2, 0.25) is 5.91 Å². The zero-order valence-corrected chi connectivity index (χ0v) is 16.1. The van der Waals surface area contributed by atoms with E-state index < -0.39 is 0 Å². The molecule has 1 fully saturated rings. The topological polar surface area (TPSA) is 80.8 Å². The third kappa shape index (κ3) is 5.51. The number of nitrogens with zero attached hydrogens (tertiary/aromatic N) is 2. The van der Waals surface area contributed by atoms with E-state index in [0.717, 1.165) is 42.7 Å². The quantitative estimate of drug-likeness (QED) is 0.734. The highest BCUT2D eigenvalue weighted by Crippen LogP contribution is 2.28. The summed E-state index contributed by atoms with van der Waals surface area (Å²) in [6.07, 6.45) is 0.191. The fourth-order valence-electron chi connectivity index (χ4n) is 2.69. The lowest BCUT2D eigenvalue weighted by molar-refractivity contribution is -0.144. The summed E-state index contributed by atoms with van der Waals surface area (Å²) in [4.78, 5) is 30.2. The molecule has 0 bridgehead atoms. The number of benzene rings is 1. The Labute approximate surface area is 162 Å². The Bertz CT molecular complexity index is 770. The lowest BCUT2D eigenvalue weighted by atomic mass is 10.1. The van der Waals surface area contributed by atoms with Gasteiger partial charge in [0.25, 0.3) is 0 Å². The van der Waals surface area contributed by atoms with Gasteiger partial charge in [0, 0.05) is 36.1 Å². The molecule has 2 heterocycles. The van der Waals surface area contributed by atoms with Crippen LogP contribution in [0.5, 0.6) is 0 Å². The first-order chi connectivity index (χ1) is 13.2. The number of esters is 1. The van der Waals surface area contributed by atoms with E-state index in [1.807, 2.05) is 29.6 Å². The number of hydrogen-bond acceptors (Lipinski definition) is 7. The zero-order chi connectivity index (χ0) is 19.1. The Hall–Kier alpha value is -2.45. The maximum atomic E-state index is 11.9. The van der Waals surface area contributed by atoms with Gasteiger partial charge in [-0.3, -0.25) is 9.59 Å². The van der Waals surface area contributed by atoms with Crippen LogP contribution in [0.1, 0.15) is 19.8 Å². The Morgan fingerprint density at radius 2 is 1.96 bits per heavy atom. The van der Waals surface area contributed by atoms with Crippen molar-refractivity contribution in [1.29, 1.82) is 0 Å². The van der Waals surface area contributed by atoms with Crippen LogP contribution in [0.4, 0.5) is 10.8 Å². The maximum absolute atomic E-state index is 11.9. The summed E-state index contributed by atoms with van der Waals surface area (Å²) in [5.74, 6) is -0.568. The first-order valence-electron chi connectivity index (χ1n) is 9.00. The summed E-state index contributed by atoms with van der Waals surface area (Å²) in [7, 11) is 0. The summed E-state index contributed by atoms with van der Waals surface area (Å²) in [5.41, 5.74) is 2.60. The highest BCUT2D eigenvalue weighted by molar-refractivity contribution is 7.14. The second-order valence-corrected chi connectivity index (χ2v) is 6.88. The number of carbonyl (C=O) groups is 2. The summed E-state index contributed by atoms with van der Waals surface area (Å²) >= 11 is 1.62. The van der Waals surface area contributed by atoms with Gasteiger partial charge in [-0.15, -0.1) is 11.3 Å². The van der Waals surface area contributed by atoms with Gasteiger partial charge in [-0.1, -0.05) is 12.1 Å². The van der Waals surface area contributed by atoms with E-state index in [-0.39, 0.29) is 24.7 Å². The summed E-state index contributed by atoms with van der Waals surface area (Å²) in [6.45, 7) is 5.27. The second kappa shape index (κ2) is 9.48. The van der Waals surface area contributed by atoms with Crippen molar-refractivity contribution < 1.29 is 19.1 Å². The van der Waals surface area contributed by atoms with Crippen molar-refractivity contribution >= 4 is 34.0 Å². The van der Waals surface area contributed by atoms with Gasteiger partial charge in [-0.2, -0.15) is 0 Å². The third-order valence-electron chi connectivity index (χ3n) is 4.10. The molecule has 0 aliphatic carbocycles. The van der Waals surface area contributed by atoms with Gasteiger partial charge < -0.3 is 19.7 Å². The fraction of sp³-hybridized carbons (Fsp3) is 0.421. The van der Waals surface area contributed by atoms with Gasteiger partial charge >= 0.3 is 5.97 Å². The monoisotopic (exact) mass is 389 g/mol. The number of thiazole rings is 1. The van der Waals surface area contributed by atoms with Crippen LogP contribution in [0.3, 0.4) is 0 Å². The van der Waals surface area contributed by atoms with E-state index in [4.69, 9.17) is 14.5 Å². The van der Waals surface area contributed by atoms with E-state index in [1.54, 1.807) is 18.3 Å². The van der Waals surface area contributed by atoms with Crippen LogP contribution in [-0.4, -0.2) is 49.8 Å². The molecule has 0 unspecified atom stereocenters. The molecule has 1 saturated heterocycles. The Kier molecular flexibility index (Phi) is 6.78. The average Bonchev–Trinajstić information content (AvgIpc) is 3.18. The molecule has 0 saturated carbocycles. The highest BCUT2D eigenvalue weighted by atomic mass is 32.1. The van der Waals surface area contributed by atoms with E-state index in [9.17, 15) is 9.59 Å². The van der Waals surface area contributed by atoms with E-state index >= 15 is 0 Å². The van der Waals surface area contributed by atoms with Crippen molar-refractivity contribution in [2.75, 3.05) is 43.1 Å². The predicted molar refractivity (Wildman–Crippen MR) is 105 cm³/mol. The van der Waals surface area contributed by atoms with Gasteiger partial charge in [-0.05, 0) is 19.1 Å². The standard InChI is InChI=1S/C19H23N3O4S/c1-2-26-18(24)8-7-17(23)20-15-5-3-14(4-6-15)16-13-27-19(21-16)22-9-11-25-12-10-22/h3-6,13H,2,7-12H2,1H3,(H,20,23). The maximum Gasteiger partial charge on any atom is 0.306 e. The van der Waals surface area contributed by atoms with Gasteiger partial charge in [0.05, 0.1) is 31.9 Å². The minimum atomic E-state index is -0.359. The van der Waals surface area contributed by atoms with Crippen molar-refractivity contribution in [3.05, 3.63) is 29.6 Å². The number of hydrogen-bond donors (Lipinski definition) is 1. The van der Waals surface area contributed by atoms with Crippen LogP contribution in [0, 0.1) is 0 Å². The number of aromatic nitrogens is 1. The number of anilines is 2. The minimum absolute atomic E-state index is 0.0842. The molecular weight excluding hydrogens is 366 g/mol. The van der Waals surface area contributed by atoms with Gasteiger partial charge in [0.15, 0.2) is 5.13 Å². The smallest absolute Gasteiger partial charge is 0.306 e. The molecule has 0 radical (unpaired) electrons. The lowest BCUT2D eigenvalue weighted by Gasteiger charge is -2.26. The predicted octanol–water partition coefficient (Wildman–Crippen LogP) is 2.93. The molecule has 8 heteroatoms. The number of carbonyl (C=O) groups excluding carboxylic acids is 2. The van der Waals surface area contributed by atoms with Crippen LogP contribution < -0.4 is 10.2 Å². The molecule has 0 atom stereocenters. The SMILES string of the molecule is CCOC(=O)CCC(=O)Nc1ccc(-c2csc(N3CCOCC3)n2)cc1.